The van der Waals surface area contributed by atoms with Crippen LogP contribution in [0.25, 0.3) is 0 Å². The van der Waals surface area contributed by atoms with Crippen molar-refractivity contribution in [2.24, 2.45) is 0 Å². The van der Waals surface area contributed by atoms with Gasteiger partial charge in [-0.1, -0.05) is 46.6 Å². The summed E-state index contributed by atoms with van der Waals surface area (Å²) in [7, 11) is 0. The van der Waals surface area contributed by atoms with E-state index in [2.05, 4.69) is 21.2 Å². The maximum Gasteiger partial charge on any atom is 0.258 e. The van der Waals surface area contributed by atoms with Crippen LogP contribution in [0.2, 0.25) is 5.02 Å². The molecule has 0 saturated carbocycles. The Balaban J connectivity index is 1.92. The molecule has 0 aliphatic carbocycles. The predicted molar refractivity (Wildman–Crippen MR) is 97.0 cm³/mol. The summed E-state index contributed by atoms with van der Waals surface area (Å²) in [5, 5.41) is 3.68. The molecule has 1 atom stereocenters. The summed E-state index contributed by atoms with van der Waals surface area (Å²) in [6.45, 7) is 3.92. The standard InChI is InChI=1S/C18H19BrClNO2/c1-3-17(13-4-6-14(19)7-5-13)21-18(22)11-23-15-8-9-16(20)12(2)10-15/h4-10,17H,3,11H2,1-2H3,(H,21,22)/t17-/m1/s1. The van der Waals surface area contributed by atoms with Gasteiger partial charge in [-0.15, -0.1) is 0 Å². The van der Waals surface area contributed by atoms with Crippen LogP contribution in [-0.2, 0) is 4.79 Å². The maximum absolute atomic E-state index is 12.1. The second-order valence-electron chi connectivity index (χ2n) is 5.28. The van der Waals surface area contributed by atoms with Gasteiger partial charge in [-0.25, -0.2) is 0 Å². The highest BCUT2D eigenvalue weighted by atomic mass is 79.9. The Labute approximate surface area is 150 Å². The van der Waals surface area contributed by atoms with Gasteiger partial charge in [-0.2, -0.15) is 0 Å². The van der Waals surface area contributed by atoms with E-state index in [-0.39, 0.29) is 18.6 Å². The van der Waals surface area contributed by atoms with Crippen LogP contribution >= 0.6 is 27.5 Å². The number of hydrogen-bond donors (Lipinski definition) is 1. The van der Waals surface area contributed by atoms with E-state index >= 15 is 0 Å². The van der Waals surface area contributed by atoms with Crippen LogP contribution in [0, 0.1) is 6.92 Å². The topological polar surface area (TPSA) is 38.3 Å². The van der Waals surface area contributed by atoms with Gasteiger partial charge in [-0.05, 0) is 54.8 Å². The molecule has 23 heavy (non-hydrogen) atoms. The maximum atomic E-state index is 12.1. The molecule has 0 aliphatic heterocycles. The van der Waals surface area contributed by atoms with Gasteiger partial charge in [0.05, 0.1) is 6.04 Å². The van der Waals surface area contributed by atoms with Gasteiger partial charge in [0.2, 0.25) is 0 Å². The average molecular weight is 397 g/mol. The molecule has 2 rings (SSSR count). The molecule has 1 amide bonds. The van der Waals surface area contributed by atoms with Crippen LogP contribution in [0.3, 0.4) is 0 Å². The zero-order valence-electron chi connectivity index (χ0n) is 13.1. The summed E-state index contributed by atoms with van der Waals surface area (Å²) in [6.07, 6.45) is 0.813. The minimum absolute atomic E-state index is 0.0197. The Hall–Kier alpha value is -1.52. The monoisotopic (exact) mass is 395 g/mol. The molecule has 0 aliphatic rings. The number of amides is 1. The van der Waals surface area contributed by atoms with Crippen LogP contribution in [0.5, 0.6) is 5.75 Å². The number of nitrogens with one attached hydrogen (secondary N) is 1. The van der Waals surface area contributed by atoms with Crippen molar-refractivity contribution in [2.45, 2.75) is 26.3 Å². The molecule has 0 aromatic heterocycles. The molecule has 0 fully saturated rings. The van der Waals surface area contributed by atoms with E-state index in [1.54, 1.807) is 12.1 Å². The Bertz CT molecular complexity index is 673. The molecule has 0 saturated heterocycles. The van der Waals surface area contributed by atoms with Crippen molar-refractivity contribution in [3.63, 3.8) is 0 Å². The third-order valence-electron chi connectivity index (χ3n) is 3.52. The van der Waals surface area contributed by atoms with Crippen LogP contribution < -0.4 is 10.1 Å². The van der Waals surface area contributed by atoms with Gasteiger partial charge in [0, 0.05) is 9.50 Å². The van der Waals surface area contributed by atoms with Crippen molar-refractivity contribution < 1.29 is 9.53 Å². The fourth-order valence-electron chi connectivity index (χ4n) is 2.21. The van der Waals surface area contributed by atoms with Crippen molar-refractivity contribution in [1.82, 2.24) is 5.32 Å². The molecule has 1 N–H and O–H groups in total. The molecular formula is C18H19BrClNO2. The number of aryl methyl sites for hydroxylation is 1. The van der Waals surface area contributed by atoms with Crippen molar-refractivity contribution >= 4 is 33.4 Å². The highest BCUT2D eigenvalue weighted by Gasteiger charge is 2.13. The number of hydrogen-bond acceptors (Lipinski definition) is 2. The molecule has 2 aromatic rings. The molecular weight excluding hydrogens is 378 g/mol. The molecule has 3 nitrogen and oxygen atoms in total. The van der Waals surface area contributed by atoms with Crippen molar-refractivity contribution in [3.8, 4) is 5.75 Å². The highest BCUT2D eigenvalue weighted by Crippen LogP contribution is 2.21. The smallest absolute Gasteiger partial charge is 0.258 e. The van der Waals surface area contributed by atoms with Crippen molar-refractivity contribution in [1.29, 1.82) is 0 Å². The Morgan fingerprint density at radius 1 is 1.26 bits per heavy atom. The summed E-state index contributed by atoms with van der Waals surface area (Å²) >= 11 is 9.38. The van der Waals surface area contributed by atoms with Gasteiger partial charge in [0.15, 0.2) is 6.61 Å². The first-order valence-corrected chi connectivity index (χ1v) is 8.60. The third-order valence-corrected chi connectivity index (χ3v) is 4.47. The summed E-state index contributed by atoms with van der Waals surface area (Å²) in [6, 6.07) is 13.3. The van der Waals surface area contributed by atoms with Crippen LogP contribution in [-0.4, -0.2) is 12.5 Å². The molecule has 0 spiro atoms. The van der Waals surface area contributed by atoms with E-state index in [0.29, 0.717) is 10.8 Å². The van der Waals surface area contributed by atoms with Crippen LogP contribution in [0.15, 0.2) is 46.9 Å². The second kappa shape index (κ2) is 8.37. The first-order chi connectivity index (χ1) is 11.0. The van der Waals surface area contributed by atoms with E-state index in [1.807, 2.05) is 44.2 Å². The number of ether oxygens (including phenoxy) is 1. The number of halogens is 2. The first-order valence-electron chi connectivity index (χ1n) is 7.43. The molecule has 0 radical (unpaired) electrons. The SMILES string of the molecule is CC[C@@H](NC(=O)COc1ccc(Cl)c(C)c1)c1ccc(Br)cc1. The largest absolute Gasteiger partial charge is 0.484 e. The molecule has 122 valence electrons. The number of rotatable bonds is 6. The Morgan fingerprint density at radius 2 is 1.96 bits per heavy atom. The minimum atomic E-state index is -0.146. The number of benzene rings is 2. The summed E-state index contributed by atoms with van der Waals surface area (Å²) < 4.78 is 6.54. The fraction of sp³-hybridized carbons (Fsp3) is 0.278. The van der Waals surface area contributed by atoms with E-state index < -0.39 is 0 Å². The zero-order valence-corrected chi connectivity index (χ0v) is 15.4. The molecule has 2 aromatic carbocycles. The lowest BCUT2D eigenvalue weighted by Gasteiger charge is -2.18. The Morgan fingerprint density at radius 3 is 2.57 bits per heavy atom. The minimum Gasteiger partial charge on any atom is -0.484 e. The van der Waals surface area contributed by atoms with Crippen molar-refractivity contribution in [3.05, 3.63) is 63.1 Å². The summed E-state index contributed by atoms with van der Waals surface area (Å²) in [5.74, 6) is 0.492. The second-order valence-corrected chi connectivity index (χ2v) is 6.60. The molecule has 0 bridgehead atoms. The fourth-order valence-corrected chi connectivity index (χ4v) is 2.59. The quantitative estimate of drug-likeness (QED) is 0.741. The van der Waals surface area contributed by atoms with Gasteiger partial charge >= 0.3 is 0 Å². The lowest BCUT2D eigenvalue weighted by Crippen LogP contribution is -2.32. The van der Waals surface area contributed by atoms with E-state index in [0.717, 1.165) is 22.0 Å². The molecule has 0 heterocycles. The molecule has 0 unspecified atom stereocenters. The zero-order chi connectivity index (χ0) is 16.8. The predicted octanol–water partition coefficient (Wildman–Crippen LogP) is 5.06. The van der Waals surface area contributed by atoms with Crippen LogP contribution in [0.4, 0.5) is 0 Å². The summed E-state index contributed by atoms with van der Waals surface area (Å²) in [4.78, 5) is 12.1. The van der Waals surface area contributed by atoms with Gasteiger partial charge in [0.25, 0.3) is 5.91 Å². The summed E-state index contributed by atoms with van der Waals surface area (Å²) in [5.41, 5.74) is 2.00. The van der Waals surface area contributed by atoms with Crippen molar-refractivity contribution in [2.75, 3.05) is 6.61 Å². The van der Waals surface area contributed by atoms with Gasteiger partial charge in [-0.3, -0.25) is 4.79 Å². The van der Waals surface area contributed by atoms with Gasteiger partial charge in [0.1, 0.15) is 5.75 Å². The van der Waals surface area contributed by atoms with Gasteiger partial charge < -0.3 is 10.1 Å². The first kappa shape index (κ1) is 17.8. The van der Waals surface area contributed by atoms with Crippen LogP contribution in [0.1, 0.15) is 30.5 Å². The van der Waals surface area contributed by atoms with E-state index in [1.165, 1.54) is 0 Å². The number of carbonyl (C=O) groups excluding carboxylic acids is 1. The lowest BCUT2D eigenvalue weighted by molar-refractivity contribution is -0.123. The van der Waals surface area contributed by atoms with E-state index in [9.17, 15) is 4.79 Å². The van der Waals surface area contributed by atoms with E-state index in [4.69, 9.17) is 16.3 Å². The molecule has 5 heteroatoms. The number of carbonyl (C=O) groups is 1. The Kier molecular flexibility index (Phi) is 6.48. The normalized spacial score (nSPS) is 11.8. The highest BCUT2D eigenvalue weighted by molar-refractivity contribution is 9.10. The lowest BCUT2D eigenvalue weighted by atomic mass is 10.0. The third kappa shape index (κ3) is 5.26. The average Bonchev–Trinajstić information content (AvgIpc) is 2.54.